The molecule has 3 aromatic rings. The van der Waals surface area contributed by atoms with E-state index >= 15 is 0 Å². The number of hydrogen-bond donors (Lipinski definition) is 0. The zero-order valence-corrected chi connectivity index (χ0v) is 17.7. The summed E-state index contributed by atoms with van der Waals surface area (Å²) in [6, 6.07) is 11.0. The number of amides is 1. The van der Waals surface area contributed by atoms with Crippen molar-refractivity contribution < 1.29 is 19.1 Å². The topological polar surface area (TPSA) is 68.7 Å². The number of nitrogens with zero attached hydrogens (tertiary/aromatic N) is 2. The molecule has 2 aromatic carbocycles. The van der Waals surface area contributed by atoms with E-state index < -0.39 is 0 Å². The van der Waals surface area contributed by atoms with Gasteiger partial charge in [0.25, 0.3) is 0 Å². The maximum Gasteiger partial charge on any atom is 0.231 e. The minimum atomic E-state index is -0.166. The Morgan fingerprint density at radius 2 is 1.83 bits per heavy atom. The van der Waals surface area contributed by atoms with Gasteiger partial charge < -0.3 is 9.47 Å². The smallest absolute Gasteiger partial charge is 0.231 e. The SMILES string of the molecule is CC(=O)N(c1nc(/C=C/C(=O)c2ccc3c(c2)OCO3)cs1)c1c(C)cccc1C. The lowest BCUT2D eigenvalue weighted by Gasteiger charge is -2.22. The summed E-state index contributed by atoms with van der Waals surface area (Å²) in [5.41, 5.74) is 3.95. The van der Waals surface area contributed by atoms with Crippen LogP contribution in [-0.2, 0) is 4.79 Å². The molecule has 1 aliphatic heterocycles. The molecule has 0 unspecified atom stereocenters. The first-order valence-corrected chi connectivity index (χ1v) is 10.3. The Morgan fingerprint density at radius 1 is 1.10 bits per heavy atom. The van der Waals surface area contributed by atoms with E-state index in [4.69, 9.17) is 9.47 Å². The number of allylic oxidation sites excluding steroid dienone is 1. The Bertz CT molecular complexity index is 1150. The van der Waals surface area contributed by atoms with Gasteiger partial charge in [-0.15, -0.1) is 11.3 Å². The number of ketones is 1. The Balaban J connectivity index is 1.57. The van der Waals surface area contributed by atoms with Crippen LogP contribution in [0.3, 0.4) is 0 Å². The van der Waals surface area contributed by atoms with E-state index in [9.17, 15) is 9.59 Å². The minimum absolute atomic E-state index is 0.117. The largest absolute Gasteiger partial charge is 0.454 e. The number of anilines is 2. The van der Waals surface area contributed by atoms with Gasteiger partial charge in [-0.3, -0.25) is 14.5 Å². The third-order valence-electron chi connectivity index (χ3n) is 4.74. The first-order valence-electron chi connectivity index (χ1n) is 9.38. The van der Waals surface area contributed by atoms with Gasteiger partial charge in [-0.2, -0.15) is 0 Å². The molecule has 0 aliphatic carbocycles. The quantitative estimate of drug-likeness (QED) is 0.426. The van der Waals surface area contributed by atoms with Crippen molar-refractivity contribution in [2.75, 3.05) is 11.7 Å². The highest BCUT2D eigenvalue weighted by Gasteiger charge is 2.21. The molecule has 0 radical (unpaired) electrons. The molecule has 1 amide bonds. The number of para-hydroxylation sites is 1. The molecule has 4 rings (SSSR count). The zero-order chi connectivity index (χ0) is 21.3. The van der Waals surface area contributed by atoms with Crippen molar-refractivity contribution in [2.24, 2.45) is 0 Å². The molecule has 0 atom stereocenters. The van der Waals surface area contributed by atoms with Crippen molar-refractivity contribution in [3.8, 4) is 11.5 Å². The highest BCUT2D eigenvalue weighted by Crippen LogP contribution is 2.34. The molecule has 0 saturated carbocycles. The fourth-order valence-electron chi connectivity index (χ4n) is 3.31. The van der Waals surface area contributed by atoms with Gasteiger partial charge in [0.2, 0.25) is 12.7 Å². The summed E-state index contributed by atoms with van der Waals surface area (Å²) in [5.74, 6) is 0.918. The van der Waals surface area contributed by atoms with E-state index in [0.29, 0.717) is 27.9 Å². The van der Waals surface area contributed by atoms with Gasteiger partial charge in [-0.05, 0) is 55.3 Å². The number of fused-ring (bicyclic) bond motifs is 1. The molecule has 1 aliphatic rings. The molecule has 7 heteroatoms. The molecular weight excluding hydrogens is 400 g/mol. The van der Waals surface area contributed by atoms with Crippen LogP contribution in [0.15, 0.2) is 47.9 Å². The highest BCUT2D eigenvalue weighted by atomic mass is 32.1. The summed E-state index contributed by atoms with van der Waals surface area (Å²) in [5, 5.41) is 2.39. The standard InChI is InChI=1S/C23H20N2O4S/c1-14-5-4-6-15(2)22(14)25(16(3)26)23-24-18(12-30-23)8-9-19(27)17-7-10-20-21(11-17)29-13-28-20/h4-12H,13H2,1-3H3/b9-8+. The predicted molar refractivity (Wildman–Crippen MR) is 117 cm³/mol. The van der Waals surface area contributed by atoms with Crippen molar-refractivity contribution in [3.05, 3.63) is 70.2 Å². The Morgan fingerprint density at radius 3 is 2.57 bits per heavy atom. The summed E-state index contributed by atoms with van der Waals surface area (Å²) in [7, 11) is 0. The van der Waals surface area contributed by atoms with Crippen LogP contribution < -0.4 is 14.4 Å². The second-order valence-corrected chi connectivity index (χ2v) is 7.75. The van der Waals surface area contributed by atoms with Crippen LogP contribution in [0.4, 0.5) is 10.8 Å². The van der Waals surface area contributed by atoms with E-state index in [1.54, 1.807) is 29.2 Å². The van der Waals surface area contributed by atoms with Crippen LogP contribution in [-0.4, -0.2) is 23.5 Å². The van der Waals surface area contributed by atoms with Crippen LogP contribution in [0.5, 0.6) is 11.5 Å². The van der Waals surface area contributed by atoms with Crippen molar-refractivity contribution in [2.45, 2.75) is 20.8 Å². The first-order chi connectivity index (χ1) is 14.4. The number of aromatic nitrogens is 1. The maximum absolute atomic E-state index is 12.5. The molecular formula is C23H20N2O4S. The lowest BCUT2D eigenvalue weighted by Crippen LogP contribution is -2.24. The number of thiazole rings is 1. The number of ether oxygens (including phenoxy) is 2. The third kappa shape index (κ3) is 3.84. The molecule has 0 fully saturated rings. The summed E-state index contributed by atoms with van der Waals surface area (Å²) < 4.78 is 10.6. The van der Waals surface area contributed by atoms with E-state index in [1.165, 1.54) is 24.3 Å². The van der Waals surface area contributed by atoms with Gasteiger partial charge in [-0.1, -0.05) is 18.2 Å². The Kier molecular flexibility index (Phi) is 5.37. The molecule has 6 nitrogen and oxygen atoms in total. The highest BCUT2D eigenvalue weighted by molar-refractivity contribution is 7.14. The van der Waals surface area contributed by atoms with Gasteiger partial charge in [0.05, 0.1) is 11.4 Å². The zero-order valence-electron chi connectivity index (χ0n) is 16.8. The van der Waals surface area contributed by atoms with Crippen LogP contribution in [0.1, 0.15) is 34.1 Å². The van der Waals surface area contributed by atoms with E-state index in [0.717, 1.165) is 16.8 Å². The number of carbonyl (C=O) groups excluding carboxylic acids is 2. The third-order valence-corrected chi connectivity index (χ3v) is 5.59. The van der Waals surface area contributed by atoms with Crippen LogP contribution in [0.2, 0.25) is 0 Å². The number of rotatable bonds is 5. The lowest BCUT2D eigenvalue weighted by atomic mass is 10.1. The fourth-order valence-corrected chi connectivity index (χ4v) is 4.15. The number of benzene rings is 2. The number of aryl methyl sites for hydroxylation is 2. The van der Waals surface area contributed by atoms with Gasteiger partial charge in [-0.25, -0.2) is 4.98 Å². The molecule has 0 bridgehead atoms. The average molecular weight is 420 g/mol. The Hall–Kier alpha value is -3.45. The molecule has 0 spiro atoms. The van der Waals surface area contributed by atoms with Gasteiger partial charge in [0.15, 0.2) is 22.4 Å². The normalized spacial score (nSPS) is 12.4. The summed E-state index contributed by atoms with van der Waals surface area (Å²) in [4.78, 5) is 31.1. The van der Waals surface area contributed by atoms with Gasteiger partial charge in [0.1, 0.15) is 0 Å². The van der Waals surface area contributed by atoms with Gasteiger partial charge >= 0.3 is 0 Å². The van der Waals surface area contributed by atoms with Crippen LogP contribution in [0.25, 0.3) is 6.08 Å². The predicted octanol–water partition coefficient (Wildman–Crippen LogP) is 5.07. The summed E-state index contributed by atoms with van der Waals surface area (Å²) in [6.45, 7) is 5.62. The van der Waals surface area contributed by atoms with E-state index in [2.05, 4.69) is 4.98 Å². The number of hydrogen-bond acceptors (Lipinski definition) is 6. The minimum Gasteiger partial charge on any atom is -0.454 e. The average Bonchev–Trinajstić information content (AvgIpc) is 3.37. The second kappa shape index (κ2) is 8.12. The van der Waals surface area contributed by atoms with Crippen LogP contribution in [0, 0.1) is 13.8 Å². The molecule has 152 valence electrons. The second-order valence-electron chi connectivity index (χ2n) is 6.92. The molecule has 0 N–H and O–H groups in total. The summed E-state index contributed by atoms with van der Waals surface area (Å²) in [6.07, 6.45) is 3.11. The molecule has 0 saturated heterocycles. The van der Waals surface area contributed by atoms with Crippen LogP contribution >= 0.6 is 11.3 Å². The fraction of sp³-hybridized carbons (Fsp3) is 0.174. The Labute approximate surface area is 178 Å². The van der Waals surface area contributed by atoms with Crippen molar-refractivity contribution in [3.63, 3.8) is 0 Å². The summed E-state index contributed by atoms with van der Waals surface area (Å²) >= 11 is 1.36. The lowest BCUT2D eigenvalue weighted by molar-refractivity contribution is -0.115. The first kappa shape index (κ1) is 19.8. The molecule has 1 aromatic heterocycles. The monoisotopic (exact) mass is 420 g/mol. The van der Waals surface area contributed by atoms with E-state index in [-0.39, 0.29) is 18.5 Å². The van der Waals surface area contributed by atoms with Crippen molar-refractivity contribution >= 4 is 39.9 Å². The molecule has 2 heterocycles. The number of carbonyl (C=O) groups is 2. The van der Waals surface area contributed by atoms with Crippen molar-refractivity contribution in [1.29, 1.82) is 0 Å². The van der Waals surface area contributed by atoms with E-state index in [1.807, 2.05) is 37.4 Å². The van der Waals surface area contributed by atoms with Crippen molar-refractivity contribution in [1.82, 2.24) is 4.98 Å². The maximum atomic E-state index is 12.5. The van der Waals surface area contributed by atoms with Gasteiger partial charge in [0, 0.05) is 17.9 Å². The molecule has 30 heavy (non-hydrogen) atoms.